The fourth-order valence-corrected chi connectivity index (χ4v) is 3.48. The first-order chi connectivity index (χ1) is 12.8. The Morgan fingerprint density at radius 2 is 1.63 bits per heavy atom. The number of benzene rings is 2. The zero-order valence-electron chi connectivity index (χ0n) is 15.1. The quantitative estimate of drug-likeness (QED) is 0.687. The Morgan fingerprint density at radius 1 is 1.04 bits per heavy atom. The second-order valence-electron chi connectivity index (χ2n) is 5.47. The first kappa shape index (κ1) is 20.7. The molecule has 0 spiro atoms. The van der Waals surface area contributed by atoms with Crippen molar-refractivity contribution in [1.82, 2.24) is 4.72 Å². The molecule has 9 heteroatoms. The highest BCUT2D eigenvalue weighted by Gasteiger charge is 2.22. The Labute approximate surface area is 157 Å². The number of carbonyl (C=O) groups is 1. The van der Waals surface area contributed by atoms with Crippen molar-refractivity contribution in [3.8, 4) is 11.5 Å². The number of rotatable bonds is 8. The number of hydrogen-bond donors (Lipinski definition) is 1. The van der Waals surface area contributed by atoms with Crippen LogP contribution in [0.1, 0.15) is 15.9 Å². The van der Waals surface area contributed by atoms with Crippen LogP contribution in [0.3, 0.4) is 0 Å². The SMILES string of the molecule is COC(=O)c1ccc(CCNS(=O)(=O)c2cc(OC)c(OC)cc2F)cc1. The number of carbonyl (C=O) groups excluding carboxylic acids is 1. The molecule has 0 saturated carbocycles. The van der Waals surface area contributed by atoms with E-state index in [0.29, 0.717) is 12.0 Å². The van der Waals surface area contributed by atoms with Gasteiger partial charge in [0.2, 0.25) is 10.0 Å². The summed E-state index contributed by atoms with van der Waals surface area (Å²) in [5.41, 5.74) is 1.20. The molecule has 0 fully saturated rings. The Morgan fingerprint density at radius 3 is 2.19 bits per heavy atom. The monoisotopic (exact) mass is 397 g/mol. The average molecular weight is 397 g/mol. The van der Waals surface area contributed by atoms with Gasteiger partial charge in [-0.3, -0.25) is 0 Å². The van der Waals surface area contributed by atoms with Gasteiger partial charge in [-0.2, -0.15) is 0 Å². The van der Waals surface area contributed by atoms with Gasteiger partial charge in [0.1, 0.15) is 10.7 Å². The average Bonchev–Trinajstić information content (AvgIpc) is 2.67. The van der Waals surface area contributed by atoms with Crippen molar-refractivity contribution < 1.29 is 31.8 Å². The summed E-state index contributed by atoms with van der Waals surface area (Å²) >= 11 is 0. The van der Waals surface area contributed by atoms with E-state index in [1.807, 2.05) is 0 Å². The minimum atomic E-state index is -4.08. The van der Waals surface area contributed by atoms with Gasteiger partial charge in [0.15, 0.2) is 11.5 Å². The van der Waals surface area contributed by atoms with Gasteiger partial charge in [0.05, 0.1) is 26.9 Å². The number of sulfonamides is 1. The summed E-state index contributed by atoms with van der Waals surface area (Å²) in [5, 5.41) is 0. The largest absolute Gasteiger partial charge is 0.493 e. The first-order valence-electron chi connectivity index (χ1n) is 7.90. The van der Waals surface area contributed by atoms with Crippen molar-refractivity contribution in [2.75, 3.05) is 27.9 Å². The second kappa shape index (κ2) is 8.83. The van der Waals surface area contributed by atoms with Crippen LogP contribution >= 0.6 is 0 Å². The molecule has 0 saturated heterocycles. The highest BCUT2D eigenvalue weighted by molar-refractivity contribution is 7.89. The predicted molar refractivity (Wildman–Crippen MR) is 96.2 cm³/mol. The van der Waals surface area contributed by atoms with Gasteiger partial charge >= 0.3 is 5.97 Å². The molecule has 0 bridgehead atoms. The maximum Gasteiger partial charge on any atom is 0.337 e. The molecule has 0 aliphatic heterocycles. The van der Waals surface area contributed by atoms with Crippen molar-refractivity contribution in [1.29, 1.82) is 0 Å². The minimum absolute atomic E-state index is 0.0493. The fraction of sp³-hybridized carbons (Fsp3) is 0.278. The van der Waals surface area contributed by atoms with Crippen LogP contribution in [0.2, 0.25) is 0 Å². The molecule has 7 nitrogen and oxygen atoms in total. The molecule has 2 rings (SSSR count). The zero-order chi connectivity index (χ0) is 20.0. The molecule has 0 unspecified atom stereocenters. The molecule has 0 heterocycles. The third kappa shape index (κ3) is 4.95. The van der Waals surface area contributed by atoms with Crippen LogP contribution in [0.25, 0.3) is 0 Å². The molecule has 0 atom stereocenters. The molecule has 0 aliphatic rings. The lowest BCUT2D eigenvalue weighted by Crippen LogP contribution is -2.27. The van der Waals surface area contributed by atoms with Gasteiger partial charge in [0, 0.05) is 18.7 Å². The zero-order valence-corrected chi connectivity index (χ0v) is 15.9. The van der Waals surface area contributed by atoms with Gasteiger partial charge in [-0.15, -0.1) is 0 Å². The summed E-state index contributed by atoms with van der Waals surface area (Å²) in [6.45, 7) is 0.0493. The molecule has 2 aromatic rings. The lowest BCUT2D eigenvalue weighted by molar-refractivity contribution is 0.0600. The van der Waals surface area contributed by atoms with Crippen molar-refractivity contribution in [2.24, 2.45) is 0 Å². The van der Waals surface area contributed by atoms with Crippen LogP contribution in [-0.2, 0) is 21.2 Å². The highest BCUT2D eigenvalue weighted by atomic mass is 32.2. The molecular weight excluding hydrogens is 377 g/mol. The molecule has 0 radical (unpaired) electrons. The minimum Gasteiger partial charge on any atom is -0.493 e. The molecule has 0 aliphatic carbocycles. The van der Waals surface area contributed by atoms with Crippen molar-refractivity contribution in [2.45, 2.75) is 11.3 Å². The number of nitrogens with one attached hydrogen (secondary N) is 1. The summed E-state index contributed by atoms with van der Waals surface area (Å²) in [5.74, 6) is -1.19. The van der Waals surface area contributed by atoms with E-state index in [9.17, 15) is 17.6 Å². The van der Waals surface area contributed by atoms with E-state index in [1.54, 1.807) is 24.3 Å². The van der Waals surface area contributed by atoms with Crippen molar-refractivity contribution in [3.63, 3.8) is 0 Å². The third-order valence-corrected chi connectivity index (χ3v) is 5.28. The molecule has 0 aromatic heterocycles. The van der Waals surface area contributed by atoms with Crippen molar-refractivity contribution >= 4 is 16.0 Å². The van der Waals surface area contributed by atoms with E-state index in [4.69, 9.17) is 9.47 Å². The summed E-state index contributed by atoms with van der Waals surface area (Å²) in [4.78, 5) is 10.9. The number of halogens is 1. The molecule has 2 aromatic carbocycles. The van der Waals surface area contributed by atoms with Gasteiger partial charge in [-0.1, -0.05) is 12.1 Å². The number of hydrogen-bond acceptors (Lipinski definition) is 6. The van der Waals surface area contributed by atoms with E-state index in [1.165, 1.54) is 21.3 Å². The van der Waals surface area contributed by atoms with Gasteiger partial charge < -0.3 is 14.2 Å². The molecular formula is C18H20FNO6S. The van der Waals surface area contributed by atoms with Crippen molar-refractivity contribution in [3.05, 3.63) is 53.3 Å². The highest BCUT2D eigenvalue weighted by Crippen LogP contribution is 2.31. The van der Waals surface area contributed by atoms with Gasteiger partial charge in [-0.25, -0.2) is 22.3 Å². The Balaban J connectivity index is 2.08. The molecule has 27 heavy (non-hydrogen) atoms. The van der Waals surface area contributed by atoms with E-state index >= 15 is 0 Å². The maximum absolute atomic E-state index is 14.2. The van der Waals surface area contributed by atoms with Crippen LogP contribution in [0, 0.1) is 5.82 Å². The topological polar surface area (TPSA) is 90.9 Å². The Kier molecular flexibility index (Phi) is 6.75. The third-order valence-electron chi connectivity index (χ3n) is 3.81. The molecule has 1 N–H and O–H groups in total. The predicted octanol–water partition coefficient (Wildman–Crippen LogP) is 2.15. The summed E-state index contributed by atoms with van der Waals surface area (Å²) < 4.78 is 55.8. The number of methoxy groups -OCH3 is 3. The van der Waals surface area contributed by atoms with Gasteiger partial charge in [-0.05, 0) is 24.1 Å². The number of esters is 1. The summed E-state index contributed by atoms with van der Waals surface area (Å²) in [6, 6.07) is 8.59. The first-order valence-corrected chi connectivity index (χ1v) is 9.39. The molecule has 146 valence electrons. The second-order valence-corrected chi connectivity index (χ2v) is 7.21. The lowest BCUT2D eigenvalue weighted by Gasteiger charge is -2.12. The van der Waals surface area contributed by atoms with Gasteiger partial charge in [0.25, 0.3) is 0 Å². The smallest absolute Gasteiger partial charge is 0.337 e. The van der Waals surface area contributed by atoms with Crippen LogP contribution in [0.5, 0.6) is 11.5 Å². The lowest BCUT2D eigenvalue weighted by atomic mass is 10.1. The summed E-state index contributed by atoms with van der Waals surface area (Å²) in [7, 11) is -0.129. The standard InChI is InChI=1S/C18H20FNO6S/c1-24-15-10-14(19)17(11-16(15)25-2)27(22,23)20-9-8-12-4-6-13(7-5-12)18(21)26-3/h4-7,10-11,20H,8-9H2,1-3H3. The fourth-order valence-electron chi connectivity index (χ4n) is 2.37. The van der Waals surface area contributed by atoms with E-state index < -0.39 is 26.7 Å². The van der Waals surface area contributed by atoms with E-state index in [0.717, 1.165) is 17.7 Å². The summed E-state index contributed by atoms with van der Waals surface area (Å²) in [6.07, 6.45) is 0.357. The Hall–Kier alpha value is -2.65. The van der Waals surface area contributed by atoms with Crippen LogP contribution in [-0.4, -0.2) is 42.3 Å². The van der Waals surface area contributed by atoms with E-state index in [2.05, 4.69) is 9.46 Å². The van der Waals surface area contributed by atoms with Crippen LogP contribution < -0.4 is 14.2 Å². The number of ether oxygens (including phenoxy) is 3. The van der Waals surface area contributed by atoms with Crippen LogP contribution in [0.15, 0.2) is 41.3 Å². The maximum atomic E-state index is 14.2. The van der Waals surface area contributed by atoms with Crippen LogP contribution in [0.4, 0.5) is 4.39 Å². The Bertz CT molecular complexity index is 912. The normalized spacial score (nSPS) is 11.1. The van der Waals surface area contributed by atoms with E-state index in [-0.39, 0.29) is 18.0 Å². The molecule has 0 amide bonds.